The molecule has 128 valence electrons. The monoisotopic (exact) mass is 329 g/mol. The van der Waals surface area contributed by atoms with Gasteiger partial charge < -0.3 is 9.80 Å². The van der Waals surface area contributed by atoms with Crippen molar-refractivity contribution in [1.82, 2.24) is 9.80 Å². The van der Waals surface area contributed by atoms with Gasteiger partial charge in [-0.3, -0.25) is 9.69 Å². The highest BCUT2D eigenvalue weighted by Crippen LogP contribution is 2.17. The molecule has 0 aliphatic carbocycles. The van der Waals surface area contributed by atoms with Gasteiger partial charge in [0.25, 0.3) is 0 Å². The van der Waals surface area contributed by atoms with Crippen LogP contribution in [0.3, 0.4) is 0 Å². The van der Waals surface area contributed by atoms with Gasteiger partial charge >= 0.3 is 6.18 Å². The molecule has 0 spiro atoms. The molecule has 7 heteroatoms. The molecule has 1 fully saturated rings. The Balaban J connectivity index is 1.71. The zero-order valence-electron chi connectivity index (χ0n) is 13.2. The van der Waals surface area contributed by atoms with Crippen molar-refractivity contribution < 1.29 is 18.0 Å². The first kappa shape index (κ1) is 17.6. The molecule has 0 radical (unpaired) electrons. The van der Waals surface area contributed by atoms with Crippen LogP contribution in [0.2, 0.25) is 0 Å². The molecule has 23 heavy (non-hydrogen) atoms. The quantitative estimate of drug-likeness (QED) is 0.829. The highest BCUT2D eigenvalue weighted by Gasteiger charge is 2.31. The zero-order valence-corrected chi connectivity index (χ0v) is 13.2. The maximum atomic E-state index is 12.3. The first-order valence-electron chi connectivity index (χ1n) is 7.68. The topological polar surface area (TPSA) is 26.8 Å². The second-order valence-corrected chi connectivity index (χ2v) is 5.78. The zero-order chi connectivity index (χ0) is 16.9. The predicted molar refractivity (Wildman–Crippen MR) is 83.4 cm³/mol. The number of piperazine rings is 1. The Morgan fingerprint density at radius 2 is 1.74 bits per heavy atom. The fourth-order valence-corrected chi connectivity index (χ4v) is 2.67. The minimum atomic E-state index is -4.34. The van der Waals surface area contributed by atoms with E-state index in [1.54, 1.807) is 0 Å². The number of rotatable bonds is 5. The van der Waals surface area contributed by atoms with Gasteiger partial charge in [0.1, 0.15) is 6.54 Å². The normalized spacial score (nSPS) is 16.4. The van der Waals surface area contributed by atoms with E-state index in [1.165, 1.54) is 12.7 Å². The number of hydrogen-bond donors (Lipinski definition) is 0. The standard InChI is InChI=1S/C16H22F3N3O/c1-20(13-16(17,18)19)15(23)7-8-21-9-11-22(12-10-21)14-5-3-2-4-6-14/h2-6H,7-13H2,1H3. The molecule has 0 N–H and O–H groups in total. The summed E-state index contributed by atoms with van der Waals surface area (Å²) in [7, 11) is 1.20. The van der Waals surface area contributed by atoms with E-state index >= 15 is 0 Å². The van der Waals surface area contributed by atoms with Crippen LogP contribution in [0, 0.1) is 0 Å². The highest BCUT2D eigenvalue weighted by molar-refractivity contribution is 5.76. The summed E-state index contributed by atoms with van der Waals surface area (Å²) in [6, 6.07) is 10.1. The number of benzene rings is 1. The van der Waals surface area contributed by atoms with Crippen molar-refractivity contribution in [3.05, 3.63) is 30.3 Å². The van der Waals surface area contributed by atoms with Crippen molar-refractivity contribution in [2.24, 2.45) is 0 Å². The Labute approximate surface area is 134 Å². The van der Waals surface area contributed by atoms with E-state index in [2.05, 4.69) is 21.9 Å². The van der Waals surface area contributed by atoms with Crippen molar-refractivity contribution in [1.29, 1.82) is 0 Å². The minimum Gasteiger partial charge on any atom is -0.369 e. The van der Waals surface area contributed by atoms with Gasteiger partial charge in [-0.05, 0) is 12.1 Å². The molecule has 1 aromatic rings. The number of alkyl halides is 3. The third-order valence-electron chi connectivity index (χ3n) is 3.98. The van der Waals surface area contributed by atoms with E-state index in [1.807, 2.05) is 18.2 Å². The van der Waals surface area contributed by atoms with Crippen molar-refractivity contribution in [3.63, 3.8) is 0 Å². The number of halogens is 3. The number of para-hydroxylation sites is 1. The molecule has 0 aromatic heterocycles. The van der Waals surface area contributed by atoms with Gasteiger partial charge in [-0.1, -0.05) is 18.2 Å². The molecule has 1 saturated heterocycles. The molecular weight excluding hydrogens is 307 g/mol. The Morgan fingerprint density at radius 1 is 1.13 bits per heavy atom. The van der Waals surface area contributed by atoms with Gasteiger partial charge in [0.05, 0.1) is 0 Å². The van der Waals surface area contributed by atoms with Crippen LogP contribution in [-0.4, -0.2) is 68.2 Å². The van der Waals surface area contributed by atoms with E-state index in [0.717, 1.165) is 31.1 Å². The summed E-state index contributed by atoms with van der Waals surface area (Å²) >= 11 is 0. The SMILES string of the molecule is CN(CC(F)(F)F)C(=O)CCN1CCN(c2ccccc2)CC1. The highest BCUT2D eigenvalue weighted by atomic mass is 19.4. The lowest BCUT2D eigenvalue weighted by Crippen LogP contribution is -2.47. The van der Waals surface area contributed by atoms with E-state index in [0.29, 0.717) is 6.54 Å². The molecule has 0 unspecified atom stereocenters. The van der Waals surface area contributed by atoms with E-state index < -0.39 is 18.6 Å². The fraction of sp³-hybridized carbons (Fsp3) is 0.562. The molecule has 4 nitrogen and oxygen atoms in total. The molecule has 1 aliphatic rings. The second kappa shape index (κ2) is 7.68. The second-order valence-electron chi connectivity index (χ2n) is 5.78. The summed E-state index contributed by atoms with van der Waals surface area (Å²) in [5, 5.41) is 0. The number of carbonyl (C=O) groups excluding carboxylic acids is 1. The Kier molecular flexibility index (Phi) is 5.87. The summed E-state index contributed by atoms with van der Waals surface area (Å²) in [6.07, 6.45) is -4.22. The first-order chi connectivity index (χ1) is 10.8. The van der Waals surface area contributed by atoms with E-state index in [4.69, 9.17) is 0 Å². The number of amides is 1. The van der Waals surface area contributed by atoms with Crippen LogP contribution in [-0.2, 0) is 4.79 Å². The van der Waals surface area contributed by atoms with Crippen LogP contribution in [0.4, 0.5) is 18.9 Å². The Morgan fingerprint density at radius 3 is 2.30 bits per heavy atom. The van der Waals surface area contributed by atoms with Crippen molar-refractivity contribution in [2.45, 2.75) is 12.6 Å². The van der Waals surface area contributed by atoms with Crippen LogP contribution < -0.4 is 4.90 Å². The van der Waals surface area contributed by atoms with Gasteiger partial charge in [-0.2, -0.15) is 13.2 Å². The molecule has 1 heterocycles. The fourth-order valence-electron chi connectivity index (χ4n) is 2.67. The maximum Gasteiger partial charge on any atom is 0.406 e. The molecule has 1 aliphatic heterocycles. The number of hydrogen-bond acceptors (Lipinski definition) is 3. The van der Waals surface area contributed by atoms with Crippen LogP contribution in [0.25, 0.3) is 0 Å². The molecule has 1 aromatic carbocycles. The van der Waals surface area contributed by atoms with Crippen LogP contribution >= 0.6 is 0 Å². The lowest BCUT2D eigenvalue weighted by atomic mass is 10.2. The number of anilines is 1. The van der Waals surface area contributed by atoms with Gasteiger partial charge in [-0.15, -0.1) is 0 Å². The van der Waals surface area contributed by atoms with Gasteiger partial charge in [0, 0.05) is 51.9 Å². The predicted octanol–water partition coefficient (Wildman–Crippen LogP) is 2.22. The molecule has 2 rings (SSSR count). The molecule has 0 atom stereocenters. The Hall–Kier alpha value is -1.76. The van der Waals surface area contributed by atoms with Crippen molar-refractivity contribution >= 4 is 11.6 Å². The van der Waals surface area contributed by atoms with Gasteiger partial charge in [0.15, 0.2) is 0 Å². The summed E-state index contributed by atoms with van der Waals surface area (Å²) in [5.41, 5.74) is 1.17. The van der Waals surface area contributed by atoms with Crippen LogP contribution in [0.5, 0.6) is 0 Å². The molecule has 0 bridgehead atoms. The average Bonchev–Trinajstić information content (AvgIpc) is 2.52. The summed E-state index contributed by atoms with van der Waals surface area (Å²) in [4.78, 5) is 16.9. The lowest BCUT2D eigenvalue weighted by Gasteiger charge is -2.36. The van der Waals surface area contributed by atoms with Crippen LogP contribution in [0.1, 0.15) is 6.42 Å². The van der Waals surface area contributed by atoms with Gasteiger partial charge in [0.2, 0.25) is 5.91 Å². The average molecular weight is 329 g/mol. The molecular formula is C16H22F3N3O. The summed E-state index contributed by atoms with van der Waals surface area (Å²) in [5.74, 6) is -0.465. The molecule has 1 amide bonds. The van der Waals surface area contributed by atoms with Crippen LogP contribution in [0.15, 0.2) is 30.3 Å². The Bertz CT molecular complexity index is 499. The largest absolute Gasteiger partial charge is 0.406 e. The molecule has 0 saturated carbocycles. The third kappa shape index (κ3) is 5.74. The lowest BCUT2D eigenvalue weighted by molar-refractivity contribution is -0.158. The van der Waals surface area contributed by atoms with Crippen molar-refractivity contribution in [3.8, 4) is 0 Å². The summed E-state index contributed by atoms with van der Waals surface area (Å²) in [6.45, 7) is 2.65. The summed E-state index contributed by atoms with van der Waals surface area (Å²) < 4.78 is 36.8. The smallest absolute Gasteiger partial charge is 0.369 e. The van der Waals surface area contributed by atoms with E-state index in [-0.39, 0.29) is 6.42 Å². The minimum absolute atomic E-state index is 0.123. The maximum absolute atomic E-state index is 12.3. The van der Waals surface area contributed by atoms with Gasteiger partial charge in [-0.25, -0.2) is 0 Å². The number of carbonyl (C=O) groups is 1. The van der Waals surface area contributed by atoms with E-state index in [9.17, 15) is 18.0 Å². The number of nitrogens with zero attached hydrogens (tertiary/aromatic N) is 3. The third-order valence-corrected chi connectivity index (χ3v) is 3.98. The first-order valence-corrected chi connectivity index (χ1v) is 7.68. The van der Waals surface area contributed by atoms with Crippen molar-refractivity contribution in [2.75, 3.05) is 51.2 Å².